The molecular weight excluding hydrogens is 410 g/mol. The van der Waals surface area contributed by atoms with Crippen LogP contribution in [-0.4, -0.2) is 65.8 Å². The molecule has 0 radical (unpaired) electrons. The summed E-state index contributed by atoms with van der Waals surface area (Å²) in [4.78, 5) is 17.5. The fourth-order valence-electron chi connectivity index (χ4n) is 3.78. The minimum absolute atomic E-state index is 0.180. The Kier molecular flexibility index (Phi) is 5.61. The summed E-state index contributed by atoms with van der Waals surface area (Å²) in [6, 6.07) is 5.83. The Morgan fingerprint density at radius 2 is 2.09 bits per heavy atom. The SMILES string of the molecule is OCC(O)Cn1ncc2cc(-c3cc(NCCc4ccnc5c4OCC5)ncn3)cnc21. The molecule has 1 unspecified atom stereocenters. The molecule has 0 aromatic carbocycles. The molecule has 10 nitrogen and oxygen atoms in total. The fraction of sp³-hybridized carbons (Fsp3) is 0.318. The predicted molar refractivity (Wildman–Crippen MR) is 117 cm³/mol. The molecular formula is C22H23N7O3. The van der Waals surface area contributed by atoms with Crippen molar-refractivity contribution in [1.82, 2.24) is 29.7 Å². The van der Waals surface area contributed by atoms with Gasteiger partial charge in [0, 0.05) is 42.4 Å². The number of rotatable bonds is 8. The number of hydrogen-bond donors (Lipinski definition) is 3. The molecule has 0 saturated heterocycles. The van der Waals surface area contributed by atoms with Crippen LogP contribution in [0.15, 0.2) is 43.1 Å². The maximum absolute atomic E-state index is 9.67. The van der Waals surface area contributed by atoms with Gasteiger partial charge in [-0.15, -0.1) is 0 Å². The van der Waals surface area contributed by atoms with Crippen LogP contribution < -0.4 is 10.1 Å². The average Bonchev–Trinajstić information content (AvgIpc) is 3.46. The number of fused-ring (bicyclic) bond motifs is 2. The van der Waals surface area contributed by atoms with E-state index in [1.807, 2.05) is 24.4 Å². The molecule has 0 saturated carbocycles. The summed E-state index contributed by atoms with van der Waals surface area (Å²) in [7, 11) is 0. The van der Waals surface area contributed by atoms with Gasteiger partial charge in [-0.05, 0) is 24.1 Å². The summed E-state index contributed by atoms with van der Waals surface area (Å²) in [5.41, 5.74) is 4.40. The third-order valence-electron chi connectivity index (χ3n) is 5.38. The third-order valence-corrected chi connectivity index (χ3v) is 5.38. The zero-order valence-electron chi connectivity index (χ0n) is 17.3. The molecule has 5 rings (SSSR count). The van der Waals surface area contributed by atoms with Gasteiger partial charge in [-0.3, -0.25) is 4.98 Å². The van der Waals surface area contributed by atoms with E-state index in [1.165, 1.54) is 6.33 Å². The second kappa shape index (κ2) is 8.85. The van der Waals surface area contributed by atoms with Gasteiger partial charge in [0.1, 0.15) is 17.9 Å². The van der Waals surface area contributed by atoms with Gasteiger partial charge in [0.05, 0.1) is 43.4 Å². The van der Waals surface area contributed by atoms with Crippen LogP contribution in [0.3, 0.4) is 0 Å². The highest BCUT2D eigenvalue weighted by Crippen LogP contribution is 2.28. The summed E-state index contributed by atoms with van der Waals surface area (Å²) in [6.45, 7) is 1.25. The zero-order chi connectivity index (χ0) is 21.9. The van der Waals surface area contributed by atoms with Crippen LogP contribution in [0.1, 0.15) is 11.3 Å². The van der Waals surface area contributed by atoms with Crippen molar-refractivity contribution in [2.24, 2.45) is 0 Å². The average molecular weight is 433 g/mol. The third kappa shape index (κ3) is 4.10. The highest BCUT2D eigenvalue weighted by Gasteiger charge is 2.17. The lowest BCUT2D eigenvalue weighted by Crippen LogP contribution is -2.20. The molecule has 32 heavy (non-hydrogen) atoms. The molecule has 164 valence electrons. The molecule has 1 atom stereocenters. The molecule has 3 N–H and O–H groups in total. The lowest BCUT2D eigenvalue weighted by molar-refractivity contribution is 0.0792. The normalized spacial score (nSPS) is 13.7. The lowest BCUT2D eigenvalue weighted by Gasteiger charge is -2.10. The van der Waals surface area contributed by atoms with Crippen molar-refractivity contribution >= 4 is 16.9 Å². The summed E-state index contributed by atoms with van der Waals surface area (Å²) >= 11 is 0. The first-order valence-corrected chi connectivity index (χ1v) is 10.5. The number of nitrogens with zero attached hydrogens (tertiary/aromatic N) is 6. The van der Waals surface area contributed by atoms with Crippen molar-refractivity contribution in [2.45, 2.75) is 25.5 Å². The number of aliphatic hydroxyl groups is 2. The molecule has 0 bridgehead atoms. The Balaban J connectivity index is 1.28. The van der Waals surface area contributed by atoms with Crippen molar-refractivity contribution in [3.63, 3.8) is 0 Å². The van der Waals surface area contributed by atoms with Crippen molar-refractivity contribution in [2.75, 3.05) is 25.1 Å². The predicted octanol–water partition coefficient (Wildman–Crippen LogP) is 1.23. The van der Waals surface area contributed by atoms with Gasteiger partial charge < -0.3 is 20.3 Å². The maximum Gasteiger partial charge on any atom is 0.157 e. The quantitative estimate of drug-likeness (QED) is 0.375. The second-order valence-electron chi connectivity index (χ2n) is 7.61. The van der Waals surface area contributed by atoms with E-state index < -0.39 is 6.10 Å². The number of hydrogen-bond acceptors (Lipinski definition) is 9. The Hall–Kier alpha value is -3.63. The van der Waals surface area contributed by atoms with E-state index in [9.17, 15) is 5.11 Å². The molecule has 0 amide bonds. The maximum atomic E-state index is 9.67. The molecule has 0 aliphatic carbocycles. The van der Waals surface area contributed by atoms with Gasteiger partial charge in [-0.1, -0.05) is 0 Å². The first-order chi connectivity index (χ1) is 15.7. The highest BCUT2D eigenvalue weighted by molar-refractivity contribution is 5.80. The molecule has 0 spiro atoms. The zero-order valence-corrected chi connectivity index (χ0v) is 17.3. The molecule has 4 aromatic rings. The van der Waals surface area contributed by atoms with E-state index >= 15 is 0 Å². The molecule has 10 heteroatoms. The monoisotopic (exact) mass is 433 g/mol. The first-order valence-electron chi connectivity index (χ1n) is 10.5. The van der Waals surface area contributed by atoms with Crippen LogP contribution in [0.2, 0.25) is 0 Å². The van der Waals surface area contributed by atoms with E-state index in [0.717, 1.165) is 52.3 Å². The topological polar surface area (TPSA) is 131 Å². The van der Waals surface area contributed by atoms with E-state index in [2.05, 4.69) is 30.4 Å². The lowest BCUT2D eigenvalue weighted by atomic mass is 10.1. The van der Waals surface area contributed by atoms with E-state index in [-0.39, 0.29) is 13.2 Å². The Bertz CT molecular complexity index is 1240. The Morgan fingerprint density at radius 1 is 1.16 bits per heavy atom. The molecule has 1 aliphatic heterocycles. The number of nitrogens with one attached hydrogen (secondary N) is 1. The van der Waals surface area contributed by atoms with Gasteiger partial charge in [0.15, 0.2) is 5.65 Å². The van der Waals surface area contributed by atoms with Gasteiger partial charge in [-0.25, -0.2) is 19.6 Å². The standard InChI is InChI=1S/C22H23N7O3/c30-12-17(31)11-29-22-16(10-28-29)7-15(9-25-22)19-8-20(27-13-26-19)24-5-2-14-1-4-23-18-3-6-32-21(14)18/h1,4,7-10,13,17,30-31H,2-3,5-6,11-12H2,(H,24,26,27). The minimum Gasteiger partial charge on any atom is -0.491 e. The van der Waals surface area contributed by atoms with Gasteiger partial charge in [0.25, 0.3) is 0 Å². The number of aromatic nitrogens is 6. The summed E-state index contributed by atoms with van der Waals surface area (Å²) < 4.78 is 7.29. The molecule has 4 aromatic heterocycles. The van der Waals surface area contributed by atoms with E-state index in [1.54, 1.807) is 17.1 Å². The minimum atomic E-state index is -0.880. The van der Waals surface area contributed by atoms with Crippen LogP contribution in [0.5, 0.6) is 5.75 Å². The van der Waals surface area contributed by atoms with Crippen molar-refractivity contribution in [3.8, 4) is 17.0 Å². The number of anilines is 1. The molecule has 0 fully saturated rings. The Morgan fingerprint density at radius 3 is 3.00 bits per heavy atom. The van der Waals surface area contributed by atoms with Crippen LogP contribution in [0.4, 0.5) is 5.82 Å². The summed E-state index contributed by atoms with van der Waals surface area (Å²) in [5, 5.41) is 27.1. The van der Waals surface area contributed by atoms with E-state index in [0.29, 0.717) is 18.8 Å². The highest BCUT2D eigenvalue weighted by atomic mass is 16.5. The first kappa shape index (κ1) is 20.3. The molecule has 1 aliphatic rings. The van der Waals surface area contributed by atoms with Crippen molar-refractivity contribution < 1.29 is 14.9 Å². The number of aliphatic hydroxyl groups excluding tert-OH is 2. The molecule has 5 heterocycles. The van der Waals surface area contributed by atoms with Crippen LogP contribution in [0, 0.1) is 0 Å². The van der Waals surface area contributed by atoms with Crippen LogP contribution in [-0.2, 0) is 19.4 Å². The smallest absolute Gasteiger partial charge is 0.157 e. The van der Waals surface area contributed by atoms with Crippen LogP contribution in [0.25, 0.3) is 22.3 Å². The van der Waals surface area contributed by atoms with Crippen molar-refractivity contribution in [1.29, 1.82) is 0 Å². The number of pyridine rings is 2. The summed E-state index contributed by atoms with van der Waals surface area (Å²) in [5.74, 6) is 1.65. The fourth-order valence-corrected chi connectivity index (χ4v) is 3.78. The Labute approximate surface area is 184 Å². The van der Waals surface area contributed by atoms with Crippen LogP contribution >= 0.6 is 0 Å². The van der Waals surface area contributed by atoms with Gasteiger partial charge in [-0.2, -0.15) is 5.10 Å². The second-order valence-corrected chi connectivity index (χ2v) is 7.61. The van der Waals surface area contributed by atoms with Gasteiger partial charge >= 0.3 is 0 Å². The number of ether oxygens (including phenoxy) is 1. The van der Waals surface area contributed by atoms with Crippen molar-refractivity contribution in [3.05, 3.63) is 54.4 Å². The van der Waals surface area contributed by atoms with E-state index in [4.69, 9.17) is 9.84 Å². The largest absolute Gasteiger partial charge is 0.491 e. The summed E-state index contributed by atoms with van der Waals surface area (Å²) in [6.07, 6.45) is 7.55. The van der Waals surface area contributed by atoms with Gasteiger partial charge in [0.2, 0.25) is 0 Å².